The number of nitrogens with zero attached hydrogens (tertiary/aromatic N) is 2. The molecule has 5 nitrogen and oxygen atoms in total. The predicted molar refractivity (Wildman–Crippen MR) is 83.3 cm³/mol. The third-order valence-electron chi connectivity index (χ3n) is 4.10. The molecule has 5 heteroatoms. The van der Waals surface area contributed by atoms with Crippen molar-refractivity contribution in [1.82, 2.24) is 14.9 Å². The van der Waals surface area contributed by atoms with Crippen LogP contribution < -0.4 is 0 Å². The molecule has 0 radical (unpaired) electrons. The Kier molecular flexibility index (Phi) is 2.77. The van der Waals surface area contributed by atoms with Gasteiger partial charge < -0.3 is 15.0 Å². The van der Waals surface area contributed by atoms with Crippen LogP contribution >= 0.6 is 0 Å². The Morgan fingerprint density at radius 1 is 1.23 bits per heavy atom. The first-order valence-electron chi connectivity index (χ1n) is 7.14. The number of fused-ring (bicyclic) bond motifs is 2. The van der Waals surface area contributed by atoms with Gasteiger partial charge in [0.15, 0.2) is 0 Å². The van der Waals surface area contributed by atoms with Gasteiger partial charge in [0.25, 0.3) is 5.91 Å². The Hall–Kier alpha value is -2.66. The van der Waals surface area contributed by atoms with Gasteiger partial charge in [-0.2, -0.15) is 0 Å². The van der Waals surface area contributed by atoms with Crippen LogP contribution in [0.2, 0.25) is 0 Å². The van der Waals surface area contributed by atoms with Crippen LogP contribution in [0.1, 0.15) is 21.7 Å². The average molecular weight is 293 g/mol. The molecular formula is C17H15N3O2. The SMILES string of the molecule is CN1Cc2cc(-c3ccc4nc(CO)[nH]c4c3)ccc2C1=O. The molecule has 1 amide bonds. The summed E-state index contributed by atoms with van der Waals surface area (Å²) in [7, 11) is 1.81. The number of aromatic nitrogens is 2. The summed E-state index contributed by atoms with van der Waals surface area (Å²) in [4.78, 5) is 21.1. The summed E-state index contributed by atoms with van der Waals surface area (Å²) >= 11 is 0. The molecule has 2 heterocycles. The van der Waals surface area contributed by atoms with Crippen LogP contribution in [0.25, 0.3) is 22.2 Å². The quantitative estimate of drug-likeness (QED) is 0.762. The molecule has 110 valence electrons. The molecule has 0 fully saturated rings. The minimum Gasteiger partial charge on any atom is -0.388 e. The second-order valence-corrected chi connectivity index (χ2v) is 5.61. The minimum atomic E-state index is -0.0999. The second-order valence-electron chi connectivity index (χ2n) is 5.61. The third-order valence-corrected chi connectivity index (χ3v) is 4.10. The van der Waals surface area contributed by atoms with Crippen LogP contribution in [0.4, 0.5) is 0 Å². The number of aromatic amines is 1. The fourth-order valence-corrected chi connectivity index (χ4v) is 2.96. The zero-order valence-corrected chi connectivity index (χ0v) is 12.1. The first-order valence-corrected chi connectivity index (χ1v) is 7.14. The van der Waals surface area contributed by atoms with Crippen molar-refractivity contribution in [2.75, 3.05) is 7.05 Å². The molecule has 3 aromatic rings. The number of carbonyl (C=O) groups is 1. The number of hydrogen-bond donors (Lipinski definition) is 2. The number of aliphatic hydroxyl groups excluding tert-OH is 1. The van der Waals surface area contributed by atoms with Gasteiger partial charge in [-0.25, -0.2) is 4.98 Å². The Balaban J connectivity index is 1.79. The molecule has 2 N–H and O–H groups in total. The van der Waals surface area contributed by atoms with Crippen molar-refractivity contribution < 1.29 is 9.90 Å². The lowest BCUT2D eigenvalue weighted by Gasteiger charge is -2.05. The standard InChI is InChI=1S/C17H15N3O2/c1-20-8-12-6-10(2-4-13(12)17(20)22)11-3-5-14-15(7-11)19-16(9-21)18-14/h2-7,21H,8-9H2,1H3,(H,18,19). The van der Waals surface area contributed by atoms with Gasteiger partial charge in [0, 0.05) is 19.2 Å². The number of amides is 1. The van der Waals surface area contributed by atoms with E-state index in [1.54, 1.807) is 4.90 Å². The maximum Gasteiger partial charge on any atom is 0.254 e. The Morgan fingerprint density at radius 3 is 2.82 bits per heavy atom. The molecule has 0 unspecified atom stereocenters. The number of carbonyl (C=O) groups excluding carboxylic acids is 1. The number of hydrogen-bond acceptors (Lipinski definition) is 3. The molecule has 22 heavy (non-hydrogen) atoms. The molecule has 0 saturated carbocycles. The monoisotopic (exact) mass is 293 g/mol. The van der Waals surface area contributed by atoms with E-state index in [-0.39, 0.29) is 12.5 Å². The summed E-state index contributed by atoms with van der Waals surface area (Å²) in [5, 5.41) is 9.15. The van der Waals surface area contributed by atoms with E-state index >= 15 is 0 Å². The van der Waals surface area contributed by atoms with Crippen molar-refractivity contribution in [3.63, 3.8) is 0 Å². The van der Waals surface area contributed by atoms with Crippen LogP contribution in [-0.4, -0.2) is 32.9 Å². The van der Waals surface area contributed by atoms with Gasteiger partial charge in [0.05, 0.1) is 11.0 Å². The molecule has 1 aromatic heterocycles. The molecule has 0 atom stereocenters. The highest BCUT2D eigenvalue weighted by molar-refractivity contribution is 5.99. The maximum atomic E-state index is 11.9. The van der Waals surface area contributed by atoms with E-state index in [1.165, 1.54) is 0 Å². The van der Waals surface area contributed by atoms with E-state index in [2.05, 4.69) is 16.0 Å². The van der Waals surface area contributed by atoms with E-state index in [4.69, 9.17) is 5.11 Å². The van der Waals surface area contributed by atoms with Gasteiger partial charge in [-0.05, 0) is 41.0 Å². The van der Waals surface area contributed by atoms with E-state index in [9.17, 15) is 4.79 Å². The summed E-state index contributed by atoms with van der Waals surface area (Å²) in [6.45, 7) is 0.556. The van der Waals surface area contributed by atoms with Crippen LogP contribution in [0.5, 0.6) is 0 Å². The van der Waals surface area contributed by atoms with E-state index in [1.807, 2.05) is 37.4 Å². The van der Waals surface area contributed by atoms with Gasteiger partial charge in [0.2, 0.25) is 0 Å². The van der Waals surface area contributed by atoms with Crippen molar-refractivity contribution in [2.45, 2.75) is 13.2 Å². The van der Waals surface area contributed by atoms with E-state index in [0.717, 1.165) is 33.3 Å². The van der Waals surface area contributed by atoms with Crippen LogP contribution in [0.3, 0.4) is 0 Å². The number of H-pyrrole nitrogens is 1. The first-order chi connectivity index (χ1) is 10.7. The van der Waals surface area contributed by atoms with Crippen molar-refractivity contribution >= 4 is 16.9 Å². The smallest absolute Gasteiger partial charge is 0.254 e. The van der Waals surface area contributed by atoms with Gasteiger partial charge in [-0.3, -0.25) is 4.79 Å². The van der Waals surface area contributed by atoms with Crippen molar-refractivity contribution in [2.24, 2.45) is 0 Å². The van der Waals surface area contributed by atoms with Crippen LogP contribution in [-0.2, 0) is 13.2 Å². The minimum absolute atomic E-state index is 0.0816. The third kappa shape index (κ3) is 1.90. The van der Waals surface area contributed by atoms with Gasteiger partial charge in [-0.1, -0.05) is 12.1 Å². The zero-order valence-electron chi connectivity index (χ0n) is 12.1. The summed E-state index contributed by atoms with van der Waals surface area (Å²) in [5.74, 6) is 0.645. The van der Waals surface area contributed by atoms with Crippen LogP contribution in [0, 0.1) is 0 Å². The summed E-state index contributed by atoms with van der Waals surface area (Å²) in [6, 6.07) is 11.9. The lowest BCUT2D eigenvalue weighted by atomic mass is 10.00. The fraction of sp³-hybridized carbons (Fsp3) is 0.176. The lowest BCUT2D eigenvalue weighted by Crippen LogP contribution is -2.17. The van der Waals surface area contributed by atoms with Gasteiger partial charge >= 0.3 is 0 Å². The number of imidazole rings is 1. The second kappa shape index (κ2) is 4.68. The van der Waals surface area contributed by atoms with Crippen molar-refractivity contribution in [3.05, 3.63) is 53.3 Å². The Bertz CT molecular complexity index is 898. The van der Waals surface area contributed by atoms with Crippen molar-refractivity contribution in [3.8, 4) is 11.1 Å². The highest BCUT2D eigenvalue weighted by Gasteiger charge is 2.24. The molecule has 0 aliphatic carbocycles. The van der Waals surface area contributed by atoms with Crippen LogP contribution in [0.15, 0.2) is 36.4 Å². The predicted octanol–water partition coefficient (Wildman–Crippen LogP) is 2.31. The average Bonchev–Trinajstić information content (AvgIpc) is 3.07. The Labute approximate surface area is 127 Å². The summed E-state index contributed by atoms with van der Waals surface area (Å²) in [6.07, 6.45) is 0. The maximum absolute atomic E-state index is 11.9. The fourth-order valence-electron chi connectivity index (χ4n) is 2.96. The van der Waals surface area contributed by atoms with Gasteiger partial charge in [-0.15, -0.1) is 0 Å². The molecule has 0 saturated heterocycles. The molecular weight excluding hydrogens is 278 g/mol. The highest BCUT2D eigenvalue weighted by Crippen LogP contribution is 2.29. The summed E-state index contributed by atoms with van der Waals surface area (Å²) in [5.41, 5.74) is 5.72. The number of rotatable bonds is 2. The molecule has 4 rings (SSSR count). The topological polar surface area (TPSA) is 69.2 Å². The molecule has 1 aliphatic heterocycles. The zero-order chi connectivity index (χ0) is 15.3. The van der Waals surface area contributed by atoms with E-state index in [0.29, 0.717) is 12.4 Å². The largest absolute Gasteiger partial charge is 0.388 e. The molecule has 1 aliphatic rings. The molecule has 0 bridgehead atoms. The highest BCUT2D eigenvalue weighted by atomic mass is 16.3. The summed E-state index contributed by atoms with van der Waals surface area (Å²) < 4.78 is 0. The number of aliphatic hydroxyl groups is 1. The lowest BCUT2D eigenvalue weighted by molar-refractivity contribution is 0.0816. The normalized spacial score (nSPS) is 13.9. The first kappa shape index (κ1) is 13.0. The molecule has 2 aromatic carbocycles. The number of benzene rings is 2. The Morgan fingerprint density at radius 2 is 2.00 bits per heavy atom. The van der Waals surface area contributed by atoms with Gasteiger partial charge in [0.1, 0.15) is 12.4 Å². The number of nitrogens with one attached hydrogen (secondary N) is 1. The van der Waals surface area contributed by atoms with Crippen molar-refractivity contribution in [1.29, 1.82) is 0 Å². The van der Waals surface area contributed by atoms with E-state index < -0.39 is 0 Å². The molecule has 0 spiro atoms.